The second kappa shape index (κ2) is 8.16. The fraction of sp³-hybridized carbons (Fsp3) is 0.235. The lowest BCUT2D eigenvalue weighted by atomic mass is 10.4. The van der Waals surface area contributed by atoms with Gasteiger partial charge in [0.05, 0.1) is 17.5 Å². The molecule has 3 aromatic rings. The van der Waals surface area contributed by atoms with Crippen LogP contribution in [-0.2, 0) is 17.1 Å². The van der Waals surface area contributed by atoms with Gasteiger partial charge in [-0.3, -0.25) is 14.0 Å². The van der Waals surface area contributed by atoms with Gasteiger partial charge < -0.3 is 5.32 Å². The Balaban J connectivity index is 1.60. The summed E-state index contributed by atoms with van der Waals surface area (Å²) in [6.45, 7) is 2.41. The zero-order valence-corrected chi connectivity index (χ0v) is 16.7. The molecule has 3 heterocycles. The average molecular weight is 438 g/mol. The van der Waals surface area contributed by atoms with Crippen molar-refractivity contribution in [3.05, 3.63) is 67.3 Å². The molecule has 1 atom stereocenters. The summed E-state index contributed by atoms with van der Waals surface area (Å²) in [5.74, 6) is 0.495. The molecule has 25 heavy (non-hydrogen) atoms. The van der Waals surface area contributed by atoms with Gasteiger partial charge in [0.2, 0.25) is 5.91 Å². The van der Waals surface area contributed by atoms with Crippen LogP contribution < -0.4 is 10.9 Å². The van der Waals surface area contributed by atoms with Crippen LogP contribution in [0.5, 0.6) is 0 Å². The number of aromatic nitrogens is 2. The average Bonchev–Trinajstić information content (AvgIpc) is 3.11. The van der Waals surface area contributed by atoms with Crippen molar-refractivity contribution in [2.75, 3.05) is 0 Å². The molecular weight excluding hydrogens is 422 g/mol. The summed E-state index contributed by atoms with van der Waals surface area (Å²) >= 11 is 6.43. The highest BCUT2D eigenvalue weighted by atomic mass is 79.9. The van der Waals surface area contributed by atoms with E-state index < -0.39 is 0 Å². The van der Waals surface area contributed by atoms with Crippen molar-refractivity contribution in [1.29, 1.82) is 0 Å². The minimum Gasteiger partial charge on any atom is -0.350 e. The number of halogens is 1. The number of thiophene rings is 1. The third-order valence-corrected chi connectivity index (χ3v) is 6.07. The number of carbonyl (C=O) groups is 1. The van der Waals surface area contributed by atoms with E-state index in [1.807, 2.05) is 30.5 Å². The molecule has 1 N–H and O–H groups in total. The zero-order chi connectivity index (χ0) is 17.8. The third kappa shape index (κ3) is 4.71. The van der Waals surface area contributed by atoms with E-state index in [2.05, 4.69) is 26.2 Å². The van der Waals surface area contributed by atoms with Crippen LogP contribution in [0.1, 0.15) is 17.5 Å². The first kappa shape index (κ1) is 18.2. The molecule has 8 heteroatoms. The SMILES string of the molecule is C[C@@H](SCc1cc(=O)n2cc(Br)ccc2n1)C(=O)NCc1cccs1. The number of thioether (sulfide) groups is 1. The molecule has 3 aromatic heterocycles. The minimum absolute atomic E-state index is 0.0140. The van der Waals surface area contributed by atoms with Gasteiger partial charge in [-0.1, -0.05) is 6.07 Å². The van der Waals surface area contributed by atoms with Gasteiger partial charge in [-0.15, -0.1) is 23.1 Å². The number of pyridine rings is 1. The Morgan fingerprint density at radius 3 is 3.04 bits per heavy atom. The summed E-state index contributed by atoms with van der Waals surface area (Å²) in [5.41, 5.74) is 1.15. The van der Waals surface area contributed by atoms with E-state index in [4.69, 9.17) is 0 Å². The molecule has 0 aromatic carbocycles. The van der Waals surface area contributed by atoms with Gasteiger partial charge in [-0.05, 0) is 46.4 Å². The number of amides is 1. The lowest BCUT2D eigenvalue weighted by Gasteiger charge is -2.11. The molecule has 0 spiro atoms. The van der Waals surface area contributed by atoms with E-state index >= 15 is 0 Å². The number of nitrogens with zero attached hydrogens (tertiary/aromatic N) is 2. The number of carbonyl (C=O) groups excluding carboxylic acids is 1. The Kier molecular flexibility index (Phi) is 5.93. The van der Waals surface area contributed by atoms with Gasteiger partial charge in [-0.2, -0.15) is 0 Å². The number of hydrogen-bond donors (Lipinski definition) is 1. The molecule has 0 saturated heterocycles. The van der Waals surface area contributed by atoms with Crippen molar-refractivity contribution in [3.63, 3.8) is 0 Å². The van der Waals surface area contributed by atoms with Crippen LogP contribution in [0.15, 0.2) is 51.2 Å². The van der Waals surface area contributed by atoms with Gasteiger partial charge in [-0.25, -0.2) is 4.98 Å². The topological polar surface area (TPSA) is 63.5 Å². The fourth-order valence-electron chi connectivity index (χ4n) is 2.22. The normalized spacial score (nSPS) is 12.2. The smallest absolute Gasteiger partial charge is 0.258 e. The molecule has 3 rings (SSSR count). The molecule has 0 aliphatic rings. The standard InChI is InChI=1S/C17H16BrN3O2S2/c1-11(17(23)19-8-14-3-2-6-24-14)25-10-13-7-16(22)21-9-12(18)4-5-15(21)20-13/h2-7,9,11H,8,10H2,1H3,(H,19,23)/t11-/m1/s1. The van der Waals surface area contributed by atoms with Gasteiger partial charge in [0.15, 0.2) is 0 Å². The molecule has 0 saturated carbocycles. The molecule has 0 radical (unpaired) electrons. The Morgan fingerprint density at radius 1 is 1.44 bits per heavy atom. The summed E-state index contributed by atoms with van der Waals surface area (Å²) < 4.78 is 2.32. The van der Waals surface area contributed by atoms with E-state index in [0.29, 0.717) is 23.6 Å². The van der Waals surface area contributed by atoms with E-state index in [-0.39, 0.29) is 16.7 Å². The summed E-state index contributed by atoms with van der Waals surface area (Å²) in [4.78, 5) is 29.9. The van der Waals surface area contributed by atoms with E-state index in [0.717, 1.165) is 9.35 Å². The number of fused-ring (bicyclic) bond motifs is 1. The quantitative estimate of drug-likeness (QED) is 0.641. The van der Waals surface area contributed by atoms with Crippen molar-refractivity contribution in [2.24, 2.45) is 0 Å². The number of rotatable bonds is 6. The second-order valence-corrected chi connectivity index (χ2v) is 8.69. The summed E-state index contributed by atoms with van der Waals surface area (Å²) in [6, 6.07) is 9.11. The molecule has 0 aliphatic carbocycles. The highest BCUT2D eigenvalue weighted by Crippen LogP contribution is 2.17. The van der Waals surface area contributed by atoms with Crippen molar-refractivity contribution in [1.82, 2.24) is 14.7 Å². The first-order valence-corrected chi connectivity index (χ1v) is 10.3. The van der Waals surface area contributed by atoms with E-state index in [1.165, 1.54) is 22.2 Å². The highest BCUT2D eigenvalue weighted by molar-refractivity contribution is 9.10. The Bertz CT molecular complexity index is 941. The van der Waals surface area contributed by atoms with Crippen LogP contribution in [0.2, 0.25) is 0 Å². The van der Waals surface area contributed by atoms with Gasteiger partial charge in [0, 0.05) is 27.4 Å². The lowest BCUT2D eigenvalue weighted by Crippen LogP contribution is -2.30. The van der Waals surface area contributed by atoms with E-state index in [9.17, 15) is 9.59 Å². The third-order valence-electron chi connectivity index (χ3n) is 3.54. The number of hydrogen-bond acceptors (Lipinski definition) is 5. The van der Waals surface area contributed by atoms with Gasteiger partial charge >= 0.3 is 0 Å². The summed E-state index contributed by atoms with van der Waals surface area (Å²) in [6.07, 6.45) is 1.70. The van der Waals surface area contributed by atoms with Crippen molar-refractivity contribution >= 4 is 50.6 Å². The molecule has 5 nitrogen and oxygen atoms in total. The molecule has 130 valence electrons. The monoisotopic (exact) mass is 437 g/mol. The van der Waals surface area contributed by atoms with Crippen LogP contribution in [0.4, 0.5) is 0 Å². The van der Waals surface area contributed by atoms with Crippen LogP contribution in [0, 0.1) is 0 Å². The van der Waals surface area contributed by atoms with E-state index in [1.54, 1.807) is 23.6 Å². The maximum Gasteiger partial charge on any atom is 0.258 e. The Labute approximate surface area is 161 Å². The van der Waals surface area contributed by atoms with Crippen LogP contribution in [0.25, 0.3) is 5.65 Å². The fourth-order valence-corrected chi connectivity index (χ4v) is 4.00. The van der Waals surface area contributed by atoms with Crippen molar-refractivity contribution in [2.45, 2.75) is 24.5 Å². The van der Waals surface area contributed by atoms with Crippen LogP contribution in [-0.4, -0.2) is 20.5 Å². The first-order valence-electron chi connectivity index (χ1n) is 7.62. The Morgan fingerprint density at radius 2 is 2.28 bits per heavy atom. The van der Waals surface area contributed by atoms with Crippen LogP contribution >= 0.6 is 39.0 Å². The number of nitrogens with one attached hydrogen (secondary N) is 1. The molecular formula is C17H16BrN3O2S2. The highest BCUT2D eigenvalue weighted by Gasteiger charge is 2.14. The van der Waals surface area contributed by atoms with Gasteiger partial charge in [0.25, 0.3) is 5.56 Å². The molecule has 0 fully saturated rings. The lowest BCUT2D eigenvalue weighted by molar-refractivity contribution is -0.120. The van der Waals surface area contributed by atoms with Crippen LogP contribution in [0.3, 0.4) is 0 Å². The molecule has 0 bridgehead atoms. The van der Waals surface area contributed by atoms with Gasteiger partial charge in [0.1, 0.15) is 5.65 Å². The zero-order valence-electron chi connectivity index (χ0n) is 13.4. The maximum absolute atomic E-state index is 12.2. The van der Waals surface area contributed by atoms with Crippen molar-refractivity contribution < 1.29 is 4.79 Å². The summed E-state index contributed by atoms with van der Waals surface area (Å²) in [5, 5.41) is 4.70. The Hall–Kier alpha value is -1.64. The second-order valence-electron chi connectivity index (χ2n) is 5.41. The summed E-state index contributed by atoms with van der Waals surface area (Å²) in [7, 11) is 0. The maximum atomic E-state index is 12.2. The van der Waals surface area contributed by atoms with Crippen molar-refractivity contribution in [3.8, 4) is 0 Å². The molecule has 0 unspecified atom stereocenters. The molecule has 0 aliphatic heterocycles. The predicted octanol–water partition coefficient (Wildman–Crippen LogP) is 3.46. The first-order chi connectivity index (χ1) is 12.0. The largest absolute Gasteiger partial charge is 0.350 e. The molecule has 1 amide bonds. The predicted molar refractivity (Wildman–Crippen MR) is 106 cm³/mol. The minimum atomic E-state index is -0.217.